The molecule has 0 heterocycles. The van der Waals surface area contributed by atoms with Crippen molar-refractivity contribution < 1.29 is 14.6 Å². The van der Waals surface area contributed by atoms with Gasteiger partial charge < -0.3 is 20.1 Å². The van der Waals surface area contributed by atoms with Gasteiger partial charge in [0.1, 0.15) is 6.10 Å². The molecular formula is C12H26N2O3. The van der Waals surface area contributed by atoms with Crippen LogP contribution in [-0.2, 0) is 4.74 Å². The molecule has 0 bridgehead atoms. The highest BCUT2D eigenvalue weighted by molar-refractivity contribution is 5.66. The van der Waals surface area contributed by atoms with Gasteiger partial charge in [0.25, 0.3) is 0 Å². The molecule has 2 N–H and O–H groups in total. The number of amides is 1. The summed E-state index contributed by atoms with van der Waals surface area (Å²) in [6.45, 7) is 7.03. The Bertz CT molecular complexity index is 196. The summed E-state index contributed by atoms with van der Waals surface area (Å²) in [6.07, 6.45) is 1.95. The molecule has 102 valence electrons. The van der Waals surface area contributed by atoms with E-state index in [4.69, 9.17) is 9.84 Å². The van der Waals surface area contributed by atoms with Crippen molar-refractivity contribution in [2.24, 2.45) is 0 Å². The van der Waals surface area contributed by atoms with Gasteiger partial charge in [-0.2, -0.15) is 0 Å². The number of carbonyl (C=O) groups excluding carboxylic acids is 1. The first-order valence-electron chi connectivity index (χ1n) is 6.39. The topological polar surface area (TPSA) is 61.8 Å². The van der Waals surface area contributed by atoms with Crippen molar-refractivity contribution in [3.63, 3.8) is 0 Å². The number of hydrogen-bond acceptors (Lipinski definition) is 4. The first kappa shape index (κ1) is 16.2. The normalized spacial score (nSPS) is 12.5. The van der Waals surface area contributed by atoms with E-state index in [2.05, 4.69) is 24.1 Å². The Morgan fingerprint density at radius 3 is 2.47 bits per heavy atom. The Hall–Kier alpha value is -0.810. The lowest BCUT2D eigenvalue weighted by Gasteiger charge is -2.25. The molecule has 0 saturated heterocycles. The van der Waals surface area contributed by atoms with Crippen molar-refractivity contribution >= 4 is 6.09 Å². The van der Waals surface area contributed by atoms with E-state index in [9.17, 15) is 4.79 Å². The largest absolute Gasteiger partial charge is 0.445 e. The minimum atomic E-state index is -0.383. The number of aliphatic hydroxyl groups excluding tert-OH is 1. The summed E-state index contributed by atoms with van der Waals surface area (Å²) in [5.74, 6) is 0. The van der Waals surface area contributed by atoms with Gasteiger partial charge in [-0.3, -0.25) is 0 Å². The molecule has 5 heteroatoms. The fourth-order valence-electron chi connectivity index (χ4n) is 1.65. The number of ether oxygens (including phenoxy) is 1. The van der Waals surface area contributed by atoms with E-state index in [1.165, 1.54) is 0 Å². The average Bonchev–Trinajstić information content (AvgIpc) is 2.35. The minimum absolute atomic E-state index is 0.0959. The zero-order valence-corrected chi connectivity index (χ0v) is 11.2. The van der Waals surface area contributed by atoms with Gasteiger partial charge in [-0.15, -0.1) is 0 Å². The van der Waals surface area contributed by atoms with Gasteiger partial charge in [0.05, 0.1) is 0 Å². The molecule has 0 spiro atoms. The van der Waals surface area contributed by atoms with Crippen LogP contribution in [0.1, 0.15) is 33.1 Å². The van der Waals surface area contributed by atoms with E-state index in [-0.39, 0.29) is 18.8 Å². The highest BCUT2D eigenvalue weighted by Crippen LogP contribution is 2.07. The van der Waals surface area contributed by atoms with E-state index in [1.807, 2.05) is 0 Å². The van der Waals surface area contributed by atoms with Crippen molar-refractivity contribution in [1.29, 1.82) is 0 Å². The monoisotopic (exact) mass is 246 g/mol. The third-order valence-electron chi connectivity index (χ3n) is 2.77. The number of likely N-dealkylation sites (N-methyl/N-ethyl adjacent to an activating group) is 1. The number of nitrogens with one attached hydrogen (secondary N) is 1. The summed E-state index contributed by atoms with van der Waals surface area (Å²) in [5, 5.41) is 11.2. The second-order valence-electron chi connectivity index (χ2n) is 3.98. The maximum atomic E-state index is 11.2. The summed E-state index contributed by atoms with van der Waals surface area (Å²) in [7, 11) is 1.56. The molecule has 1 amide bonds. The lowest BCUT2D eigenvalue weighted by molar-refractivity contribution is 0.0665. The number of alkyl carbamates (subject to hydrolysis) is 1. The van der Waals surface area contributed by atoms with E-state index in [0.29, 0.717) is 0 Å². The number of nitrogens with zero attached hydrogens (tertiary/aromatic N) is 1. The maximum Gasteiger partial charge on any atom is 0.407 e. The predicted molar refractivity (Wildman–Crippen MR) is 68.1 cm³/mol. The van der Waals surface area contributed by atoms with Crippen LogP contribution in [0, 0.1) is 0 Å². The smallest absolute Gasteiger partial charge is 0.407 e. The quantitative estimate of drug-likeness (QED) is 0.600. The second kappa shape index (κ2) is 10.4. The third kappa shape index (κ3) is 7.99. The summed E-state index contributed by atoms with van der Waals surface area (Å²) < 4.78 is 5.31. The third-order valence-corrected chi connectivity index (χ3v) is 2.77. The molecule has 0 radical (unpaired) electrons. The number of carbonyl (C=O) groups is 1. The molecule has 0 aromatic carbocycles. The van der Waals surface area contributed by atoms with Gasteiger partial charge in [-0.1, -0.05) is 13.8 Å². The van der Waals surface area contributed by atoms with Crippen LogP contribution in [0.5, 0.6) is 0 Å². The Kier molecular flexibility index (Phi) is 9.86. The zero-order valence-electron chi connectivity index (χ0n) is 11.2. The van der Waals surface area contributed by atoms with Gasteiger partial charge in [0, 0.05) is 20.2 Å². The number of hydrogen-bond donors (Lipinski definition) is 2. The van der Waals surface area contributed by atoms with Crippen LogP contribution in [-0.4, -0.2) is 55.5 Å². The molecule has 0 aromatic rings. The first-order chi connectivity index (χ1) is 8.17. The van der Waals surface area contributed by atoms with Crippen molar-refractivity contribution in [3.05, 3.63) is 0 Å². The number of aliphatic hydroxyl groups is 1. The molecule has 0 saturated carbocycles. The first-order valence-corrected chi connectivity index (χ1v) is 6.39. The van der Waals surface area contributed by atoms with Crippen LogP contribution in [0.2, 0.25) is 0 Å². The Labute approximate surface area is 104 Å². The Morgan fingerprint density at radius 2 is 2.00 bits per heavy atom. The summed E-state index contributed by atoms with van der Waals surface area (Å²) in [5.41, 5.74) is 0. The SMILES string of the molecule is CCN(CC)CC(CCCCO)OC(=O)NC. The predicted octanol–water partition coefficient (Wildman–Crippen LogP) is 1.22. The van der Waals surface area contributed by atoms with Crippen molar-refractivity contribution in [3.8, 4) is 0 Å². The molecule has 0 aliphatic carbocycles. The van der Waals surface area contributed by atoms with Crippen LogP contribution < -0.4 is 5.32 Å². The molecule has 0 fully saturated rings. The minimum Gasteiger partial charge on any atom is -0.445 e. The molecule has 17 heavy (non-hydrogen) atoms. The van der Waals surface area contributed by atoms with Crippen LogP contribution in [0.25, 0.3) is 0 Å². The molecule has 0 aliphatic rings. The molecule has 0 aromatic heterocycles. The lowest BCUT2D eigenvalue weighted by atomic mass is 10.1. The highest BCUT2D eigenvalue weighted by atomic mass is 16.6. The van der Waals surface area contributed by atoms with Gasteiger partial charge in [0.15, 0.2) is 0 Å². The number of rotatable bonds is 9. The molecule has 0 aliphatic heterocycles. The maximum absolute atomic E-state index is 11.2. The standard InChI is InChI=1S/C12H26N2O3/c1-4-14(5-2)10-11(8-6-7-9-15)17-12(16)13-3/h11,15H,4-10H2,1-3H3,(H,13,16). The van der Waals surface area contributed by atoms with E-state index < -0.39 is 0 Å². The lowest BCUT2D eigenvalue weighted by Crippen LogP contribution is -2.37. The Morgan fingerprint density at radius 1 is 1.35 bits per heavy atom. The highest BCUT2D eigenvalue weighted by Gasteiger charge is 2.16. The van der Waals surface area contributed by atoms with E-state index in [1.54, 1.807) is 7.05 Å². The fourth-order valence-corrected chi connectivity index (χ4v) is 1.65. The van der Waals surface area contributed by atoms with Crippen molar-refractivity contribution in [2.75, 3.05) is 33.3 Å². The average molecular weight is 246 g/mol. The van der Waals surface area contributed by atoms with Crippen molar-refractivity contribution in [1.82, 2.24) is 10.2 Å². The van der Waals surface area contributed by atoms with Gasteiger partial charge >= 0.3 is 6.09 Å². The van der Waals surface area contributed by atoms with Gasteiger partial charge in [-0.05, 0) is 32.4 Å². The van der Waals surface area contributed by atoms with Gasteiger partial charge in [-0.25, -0.2) is 4.79 Å². The Balaban J connectivity index is 4.12. The second-order valence-corrected chi connectivity index (χ2v) is 3.98. The molecule has 0 rings (SSSR count). The van der Waals surface area contributed by atoms with Crippen LogP contribution in [0.4, 0.5) is 4.79 Å². The molecule has 1 unspecified atom stereocenters. The van der Waals surface area contributed by atoms with E-state index in [0.717, 1.165) is 38.9 Å². The fraction of sp³-hybridized carbons (Fsp3) is 0.917. The molecular weight excluding hydrogens is 220 g/mol. The summed E-state index contributed by atoms with van der Waals surface area (Å²) in [6, 6.07) is 0. The molecule has 5 nitrogen and oxygen atoms in total. The van der Waals surface area contributed by atoms with Crippen LogP contribution in [0.3, 0.4) is 0 Å². The molecule has 1 atom stereocenters. The van der Waals surface area contributed by atoms with E-state index >= 15 is 0 Å². The summed E-state index contributed by atoms with van der Waals surface area (Å²) >= 11 is 0. The summed E-state index contributed by atoms with van der Waals surface area (Å²) in [4.78, 5) is 13.4. The van der Waals surface area contributed by atoms with Crippen LogP contribution >= 0.6 is 0 Å². The van der Waals surface area contributed by atoms with Crippen molar-refractivity contribution in [2.45, 2.75) is 39.2 Å². The zero-order chi connectivity index (χ0) is 13.1. The van der Waals surface area contributed by atoms with Gasteiger partial charge in [0.2, 0.25) is 0 Å². The van der Waals surface area contributed by atoms with Crippen LogP contribution in [0.15, 0.2) is 0 Å². The number of unbranched alkanes of at least 4 members (excludes halogenated alkanes) is 1.